The molecule has 0 bridgehead atoms. The molecule has 1 aliphatic carbocycles. The lowest BCUT2D eigenvalue weighted by Gasteiger charge is -2.13. The number of ketones is 1. The van der Waals surface area contributed by atoms with E-state index in [1.165, 1.54) is 25.7 Å². The number of benzene rings is 1. The van der Waals surface area contributed by atoms with Crippen LogP contribution in [-0.2, 0) is 0 Å². The maximum Gasteiger partial charge on any atom is 0.229 e. The molecule has 0 radical (unpaired) electrons. The fourth-order valence-electron chi connectivity index (χ4n) is 2.92. The van der Waals surface area contributed by atoms with E-state index in [2.05, 4.69) is 26.7 Å². The Morgan fingerprint density at radius 3 is 2.72 bits per heavy atom. The van der Waals surface area contributed by atoms with Crippen molar-refractivity contribution in [3.63, 3.8) is 0 Å². The predicted octanol–water partition coefficient (Wildman–Crippen LogP) is 4.73. The van der Waals surface area contributed by atoms with E-state index in [-0.39, 0.29) is 5.78 Å². The molecule has 0 aliphatic heterocycles. The second kappa shape index (κ2) is 8.42. The summed E-state index contributed by atoms with van der Waals surface area (Å²) >= 11 is 0. The fourth-order valence-corrected chi connectivity index (χ4v) is 2.92. The van der Waals surface area contributed by atoms with Gasteiger partial charge in [0, 0.05) is 24.0 Å². The van der Waals surface area contributed by atoms with Crippen molar-refractivity contribution in [2.45, 2.75) is 39.0 Å². The molecule has 3 rings (SSSR count). The minimum atomic E-state index is 0.0575. The first-order chi connectivity index (χ1) is 12.2. The highest BCUT2D eigenvalue weighted by atomic mass is 16.1. The van der Waals surface area contributed by atoms with Crippen LogP contribution in [0, 0.1) is 0 Å². The Labute approximate surface area is 148 Å². The van der Waals surface area contributed by atoms with Crippen molar-refractivity contribution in [3.8, 4) is 0 Å². The van der Waals surface area contributed by atoms with Crippen LogP contribution in [0.4, 0.5) is 17.5 Å². The molecular weight excluding hydrogens is 312 g/mol. The first kappa shape index (κ1) is 17.1. The SMILES string of the molecule is CC(=O)c1ccc(Nc2nccc(NCCC3=CCCCC3)n2)cc1. The lowest BCUT2D eigenvalue weighted by molar-refractivity contribution is 0.101. The van der Waals surface area contributed by atoms with Gasteiger partial charge in [0.25, 0.3) is 0 Å². The highest BCUT2D eigenvalue weighted by Crippen LogP contribution is 2.20. The van der Waals surface area contributed by atoms with E-state index in [4.69, 9.17) is 0 Å². The summed E-state index contributed by atoms with van der Waals surface area (Å²) in [7, 11) is 0. The summed E-state index contributed by atoms with van der Waals surface area (Å²) < 4.78 is 0. The van der Waals surface area contributed by atoms with Crippen LogP contribution in [0.3, 0.4) is 0 Å². The molecule has 0 spiro atoms. The van der Waals surface area contributed by atoms with E-state index in [9.17, 15) is 4.79 Å². The molecular formula is C20H24N4O. The maximum absolute atomic E-state index is 11.3. The molecule has 1 heterocycles. The molecule has 130 valence electrons. The molecule has 1 aromatic heterocycles. The number of hydrogen-bond donors (Lipinski definition) is 2. The van der Waals surface area contributed by atoms with Crippen molar-refractivity contribution in [3.05, 3.63) is 53.7 Å². The molecule has 2 N–H and O–H groups in total. The summed E-state index contributed by atoms with van der Waals surface area (Å²) in [5.41, 5.74) is 3.10. The molecule has 0 amide bonds. The van der Waals surface area contributed by atoms with Gasteiger partial charge in [-0.25, -0.2) is 4.98 Å². The Kier molecular flexibility index (Phi) is 5.77. The smallest absolute Gasteiger partial charge is 0.229 e. The topological polar surface area (TPSA) is 66.9 Å². The Morgan fingerprint density at radius 2 is 2.00 bits per heavy atom. The van der Waals surface area contributed by atoms with Gasteiger partial charge < -0.3 is 10.6 Å². The van der Waals surface area contributed by atoms with Crippen LogP contribution in [0.2, 0.25) is 0 Å². The number of rotatable bonds is 7. The number of allylic oxidation sites excluding steroid dienone is 1. The van der Waals surface area contributed by atoms with E-state index in [0.29, 0.717) is 11.5 Å². The Balaban J connectivity index is 1.55. The van der Waals surface area contributed by atoms with Gasteiger partial charge in [0.15, 0.2) is 5.78 Å². The number of hydrogen-bond acceptors (Lipinski definition) is 5. The van der Waals surface area contributed by atoms with E-state index < -0.39 is 0 Å². The van der Waals surface area contributed by atoms with Gasteiger partial charge in [-0.2, -0.15) is 4.98 Å². The van der Waals surface area contributed by atoms with Crippen molar-refractivity contribution in [1.82, 2.24) is 9.97 Å². The van der Waals surface area contributed by atoms with Crippen molar-refractivity contribution in [2.24, 2.45) is 0 Å². The molecule has 1 aliphatic rings. The lowest BCUT2D eigenvalue weighted by Crippen LogP contribution is -2.07. The van der Waals surface area contributed by atoms with Crippen LogP contribution in [0.15, 0.2) is 48.2 Å². The normalized spacial score (nSPS) is 13.9. The molecule has 0 atom stereocenters. The zero-order valence-electron chi connectivity index (χ0n) is 14.6. The van der Waals surface area contributed by atoms with E-state index in [1.54, 1.807) is 30.8 Å². The zero-order chi connectivity index (χ0) is 17.5. The number of carbonyl (C=O) groups excluding carboxylic acids is 1. The van der Waals surface area contributed by atoms with Crippen LogP contribution in [-0.4, -0.2) is 22.3 Å². The summed E-state index contributed by atoms with van der Waals surface area (Å²) in [6, 6.07) is 9.18. The number of Topliss-reactive ketones (excluding diaryl/α,β-unsaturated/α-hetero) is 1. The Hall–Kier alpha value is -2.69. The highest BCUT2D eigenvalue weighted by Gasteiger charge is 2.05. The van der Waals surface area contributed by atoms with Gasteiger partial charge in [0.05, 0.1) is 0 Å². The van der Waals surface area contributed by atoms with Gasteiger partial charge in [0.2, 0.25) is 5.95 Å². The van der Waals surface area contributed by atoms with Gasteiger partial charge in [-0.3, -0.25) is 4.79 Å². The number of nitrogens with zero attached hydrogens (tertiary/aromatic N) is 2. The average Bonchev–Trinajstić information content (AvgIpc) is 2.63. The van der Waals surface area contributed by atoms with E-state index in [0.717, 1.165) is 24.5 Å². The van der Waals surface area contributed by atoms with E-state index >= 15 is 0 Å². The summed E-state index contributed by atoms with van der Waals surface area (Å²) in [6.45, 7) is 2.44. The van der Waals surface area contributed by atoms with Crippen molar-refractivity contribution >= 4 is 23.2 Å². The van der Waals surface area contributed by atoms with Gasteiger partial charge >= 0.3 is 0 Å². The number of anilines is 3. The molecule has 2 aromatic rings. The number of carbonyl (C=O) groups is 1. The van der Waals surface area contributed by atoms with Crippen LogP contribution in [0.1, 0.15) is 49.4 Å². The Bertz CT molecular complexity index is 753. The van der Waals surface area contributed by atoms with Gasteiger partial charge in [-0.15, -0.1) is 0 Å². The van der Waals surface area contributed by atoms with Crippen molar-refractivity contribution in [1.29, 1.82) is 0 Å². The van der Waals surface area contributed by atoms with Crippen molar-refractivity contribution in [2.75, 3.05) is 17.2 Å². The summed E-state index contributed by atoms with van der Waals surface area (Å²) in [5, 5.41) is 6.53. The van der Waals surface area contributed by atoms with Crippen LogP contribution in [0.5, 0.6) is 0 Å². The van der Waals surface area contributed by atoms with Crippen molar-refractivity contribution < 1.29 is 4.79 Å². The van der Waals surface area contributed by atoms with Gasteiger partial charge in [-0.05, 0) is 69.4 Å². The van der Waals surface area contributed by atoms with Gasteiger partial charge in [0.1, 0.15) is 5.82 Å². The summed E-state index contributed by atoms with van der Waals surface area (Å²) in [6.07, 6.45) is 10.3. The standard InChI is InChI=1S/C20H24N4O/c1-15(25)17-7-9-18(10-8-17)23-20-22-14-12-19(24-20)21-13-11-16-5-3-2-4-6-16/h5,7-10,12,14H,2-4,6,11,13H2,1H3,(H2,21,22,23,24). The minimum absolute atomic E-state index is 0.0575. The quantitative estimate of drug-likeness (QED) is 0.565. The molecule has 0 saturated heterocycles. The Morgan fingerprint density at radius 1 is 1.16 bits per heavy atom. The molecule has 25 heavy (non-hydrogen) atoms. The minimum Gasteiger partial charge on any atom is -0.370 e. The third-order valence-corrected chi connectivity index (χ3v) is 4.34. The lowest BCUT2D eigenvalue weighted by atomic mass is 9.97. The molecule has 5 heteroatoms. The molecule has 0 fully saturated rings. The molecule has 0 unspecified atom stereocenters. The van der Waals surface area contributed by atoms with Crippen LogP contribution >= 0.6 is 0 Å². The first-order valence-electron chi connectivity index (χ1n) is 8.83. The first-order valence-corrected chi connectivity index (χ1v) is 8.83. The van der Waals surface area contributed by atoms with Crippen LogP contribution in [0.25, 0.3) is 0 Å². The van der Waals surface area contributed by atoms with Crippen LogP contribution < -0.4 is 10.6 Å². The van der Waals surface area contributed by atoms with Gasteiger partial charge in [-0.1, -0.05) is 11.6 Å². The third kappa shape index (κ3) is 5.14. The summed E-state index contributed by atoms with van der Waals surface area (Å²) in [4.78, 5) is 20.1. The second-order valence-corrected chi connectivity index (χ2v) is 6.31. The fraction of sp³-hybridized carbons (Fsp3) is 0.350. The third-order valence-electron chi connectivity index (χ3n) is 4.34. The summed E-state index contributed by atoms with van der Waals surface area (Å²) in [5.74, 6) is 1.41. The largest absolute Gasteiger partial charge is 0.370 e. The monoisotopic (exact) mass is 336 g/mol. The highest BCUT2D eigenvalue weighted by molar-refractivity contribution is 5.94. The number of nitrogens with one attached hydrogen (secondary N) is 2. The average molecular weight is 336 g/mol. The maximum atomic E-state index is 11.3. The predicted molar refractivity (Wildman–Crippen MR) is 101 cm³/mol. The zero-order valence-corrected chi connectivity index (χ0v) is 14.6. The molecule has 5 nitrogen and oxygen atoms in total. The number of aromatic nitrogens is 2. The molecule has 0 saturated carbocycles. The van der Waals surface area contributed by atoms with E-state index in [1.807, 2.05) is 18.2 Å². The molecule has 1 aromatic carbocycles. The second-order valence-electron chi connectivity index (χ2n) is 6.31.